The summed E-state index contributed by atoms with van der Waals surface area (Å²) in [5, 5.41) is 10.9. The molecule has 25 heavy (non-hydrogen) atoms. The fraction of sp³-hybridized carbons (Fsp3) is 0.474. The Bertz CT molecular complexity index is 732. The number of aryl methyl sites for hydroxylation is 1. The molecule has 6 heteroatoms. The van der Waals surface area contributed by atoms with Crippen molar-refractivity contribution < 1.29 is 9.53 Å². The van der Waals surface area contributed by atoms with Crippen LogP contribution in [0, 0.1) is 0 Å². The quantitative estimate of drug-likeness (QED) is 0.862. The number of fused-ring (bicyclic) bond motifs is 2. The Kier molecular flexibility index (Phi) is 4.81. The van der Waals surface area contributed by atoms with E-state index in [0.29, 0.717) is 26.0 Å². The number of hydrogen-bond donors (Lipinski definition) is 2. The van der Waals surface area contributed by atoms with E-state index in [-0.39, 0.29) is 12.0 Å². The van der Waals surface area contributed by atoms with Crippen molar-refractivity contribution >= 4 is 5.91 Å². The highest BCUT2D eigenvalue weighted by Crippen LogP contribution is 2.26. The molecule has 0 fully saturated rings. The molecular weight excluding hydrogens is 316 g/mol. The molecule has 6 nitrogen and oxygen atoms in total. The van der Waals surface area contributed by atoms with E-state index in [9.17, 15) is 4.79 Å². The smallest absolute Gasteiger partial charge is 0.220 e. The van der Waals surface area contributed by atoms with Crippen LogP contribution in [0.25, 0.3) is 0 Å². The number of carbonyl (C=O) groups is 1. The van der Waals surface area contributed by atoms with Crippen molar-refractivity contribution in [3.8, 4) is 0 Å². The second-order valence-electron chi connectivity index (χ2n) is 6.64. The molecule has 0 spiro atoms. The molecule has 2 aromatic rings. The first kappa shape index (κ1) is 16.3. The second-order valence-corrected chi connectivity index (χ2v) is 6.64. The van der Waals surface area contributed by atoms with E-state index >= 15 is 0 Å². The van der Waals surface area contributed by atoms with Gasteiger partial charge in [0.1, 0.15) is 6.10 Å². The van der Waals surface area contributed by atoms with Crippen molar-refractivity contribution in [2.45, 2.75) is 38.5 Å². The maximum Gasteiger partial charge on any atom is 0.220 e. The van der Waals surface area contributed by atoms with Gasteiger partial charge in [0.15, 0.2) is 0 Å². The molecule has 0 aliphatic carbocycles. The molecule has 0 saturated carbocycles. The van der Waals surface area contributed by atoms with E-state index in [1.54, 1.807) is 0 Å². The fourth-order valence-electron chi connectivity index (χ4n) is 3.56. The number of ether oxygens (including phenoxy) is 1. The van der Waals surface area contributed by atoms with E-state index in [1.165, 1.54) is 16.8 Å². The molecule has 1 aromatic carbocycles. The van der Waals surface area contributed by atoms with Crippen molar-refractivity contribution in [1.82, 2.24) is 20.4 Å². The molecular formula is C19H24N4O2. The van der Waals surface area contributed by atoms with E-state index in [0.717, 1.165) is 31.7 Å². The Morgan fingerprint density at radius 3 is 3.24 bits per heavy atom. The zero-order chi connectivity index (χ0) is 17.1. The first-order chi connectivity index (χ1) is 12.3. The molecule has 1 atom stereocenters. The zero-order valence-electron chi connectivity index (χ0n) is 14.3. The van der Waals surface area contributed by atoms with Gasteiger partial charge in [0, 0.05) is 32.5 Å². The van der Waals surface area contributed by atoms with Crippen LogP contribution in [-0.2, 0) is 35.5 Å². The van der Waals surface area contributed by atoms with Crippen LogP contribution >= 0.6 is 0 Å². The minimum atomic E-state index is -0.0418. The van der Waals surface area contributed by atoms with Crippen LogP contribution in [-0.4, -0.2) is 35.4 Å². The van der Waals surface area contributed by atoms with Gasteiger partial charge >= 0.3 is 0 Å². The zero-order valence-corrected chi connectivity index (χ0v) is 14.3. The van der Waals surface area contributed by atoms with Crippen molar-refractivity contribution in [1.29, 1.82) is 0 Å². The predicted molar refractivity (Wildman–Crippen MR) is 94.1 cm³/mol. The first-order valence-electron chi connectivity index (χ1n) is 9.02. The molecule has 2 aliphatic heterocycles. The summed E-state index contributed by atoms with van der Waals surface area (Å²) >= 11 is 0. The predicted octanol–water partition coefficient (Wildman–Crippen LogP) is 1.35. The van der Waals surface area contributed by atoms with E-state index in [2.05, 4.69) is 40.0 Å². The Labute approximate surface area is 147 Å². The molecule has 3 heterocycles. The number of rotatable bonds is 5. The van der Waals surface area contributed by atoms with Gasteiger partial charge in [-0.3, -0.25) is 9.48 Å². The fourth-order valence-corrected chi connectivity index (χ4v) is 3.56. The molecule has 1 aromatic heterocycles. The van der Waals surface area contributed by atoms with Crippen LogP contribution in [0.5, 0.6) is 0 Å². The third-order valence-electron chi connectivity index (χ3n) is 4.91. The van der Waals surface area contributed by atoms with Crippen LogP contribution < -0.4 is 10.6 Å². The maximum atomic E-state index is 12.2. The highest BCUT2D eigenvalue weighted by Gasteiger charge is 2.21. The number of nitrogens with zero attached hydrogens (tertiary/aromatic N) is 2. The Hall–Kier alpha value is -2.18. The summed E-state index contributed by atoms with van der Waals surface area (Å²) in [5.41, 5.74) is 4.72. The van der Waals surface area contributed by atoms with Crippen molar-refractivity contribution in [3.63, 3.8) is 0 Å². The van der Waals surface area contributed by atoms with Crippen LogP contribution in [0.2, 0.25) is 0 Å². The summed E-state index contributed by atoms with van der Waals surface area (Å²) < 4.78 is 7.87. The third-order valence-corrected chi connectivity index (χ3v) is 4.91. The first-order valence-corrected chi connectivity index (χ1v) is 9.02. The number of aromatic nitrogens is 2. The van der Waals surface area contributed by atoms with Gasteiger partial charge in [-0.1, -0.05) is 24.3 Å². The number of carbonyl (C=O) groups excluding carboxylic acids is 1. The molecule has 1 amide bonds. The lowest BCUT2D eigenvalue weighted by Crippen LogP contribution is -2.32. The van der Waals surface area contributed by atoms with E-state index in [1.807, 2.05) is 10.7 Å². The van der Waals surface area contributed by atoms with Crippen molar-refractivity contribution in [2.24, 2.45) is 0 Å². The van der Waals surface area contributed by atoms with Crippen molar-refractivity contribution in [3.05, 3.63) is 52.8 Å². The molecule has 0 radical (unpaired) electrons. The Morgan fingerprint density at radius 1 is 1.40 bits per heavy atom. The highest BCUT2D eigenvalue weighted by atomic mass is 16.5. The molecule has 0 unspecified atom stereocenters. The van der Waals surface area contributed by atoms with Crippen LogP contribution in [0.1, 0.15) is 35.0 Å². The largest absolute Gasteiger partial charge is 0.371 e. The van der Waals surface area contributed by atoms with Gasteiger partial charge in [0.2, 0.25) is 5.91 Å². The number of hydrogen-bond acceptors (Lipinski definition) is 4. The van der Waals surface area contributed by atoms with Crippen LogP contribution in [0.3, 0.4) is 0 Å². The standard InChI is InChI=1S/C19H24N4O2/c24-19(6-5-15-11-16-12-20-8-9-23(16)22-15)21-13-18-17-4-2-1-3-14(17)7-10-25-18/h1-4,11,18,20H,5-10,12-13H2,(H,21,24)/t18-/m0/s1. The lowest BCUT2D eigenvalue weighted by molar-refractivity contribution is -0.121. The molecule has 0 saturated heterocycles. The van der Waals surface area contributed by atoms with E-state index < -0.39 is 0 Å². The molecule has 0 bridgehead atoms. The average Bonchev–Trinajstić information content (AvgIpc) is 3.07. The van der Waals surface area contributed by atoms with Gasteiger partial charge in [-0.05, 0) is 23.6 Å². The summed E-state index contributed by atoms with van der Waals surface area (Å²) in [5.74, 6) is 0.0516. The van der Waals surface area contributed by atoms with E-state index in [4.69, 9.17) is 4.74 Å². The lowest BCUT2D eigenvalue weighted by atomic mass is 9.97. The monoisotopic (exact) mass is 340 g/mol. The van der Waals surface area contributed by atoms with Crippen molar-refractivity contribution in [2.75, 3.05) is 19.7 Å². The highest BCUT2D eigenvalue weighted by molar-refractivity contribution is 5.76. The van der Waals surface area contributed by atoms with Gasteiger partial charge in [0.25, 0.3) is 0 Å². The number of nitrogens with one attached hydrogen (secondary N) is 2. The summed E-state index contributed by atoms with van der Waals surface area (Å²) in [6.45, 7) is 3.96. The second kappa shape index (κ2) is 7.37. The summed E-state index contributed by atoms with van der Waals surface area (Å²) in [6.07, 6.45) is 2.03. The van der Waals surface area contributed by atoms with Gasteiger partial charge in [0.05, 0.1) is 24.5 Å². The Balaban J connectivity index is 1.28. The third kappa shape index (κ3) is 3.75. The summed E-state index contributed by atoms with van der Waals surface area (Å²) in [6, 6.07) is 10.4. The summed E-state index contributed by atoms with van der Waals surface area (Å²) in [7, 11) is 0. The Morgan fingerprint density at radius 2 is 2.32 bits per heavy atom. The van der Waals surface area contributed by atoms with Gasteiger partial charge in [-0.2, -0.15) is 5.10 Å². The number of amides is 1. The van der Waals surface area contributed by atoms with Gasteiger partial charge in [-0.25, -0.2) is 0 Å². The van der Waals surface area contributed by atoms with Crippen LogP contribution in [0.4, 0.5) is 0 Å². The maximum absolute atomic E-state index is 12.2. The number of benzene rings is 1. The van der Waals surface area contributed by atoms with Gasteiger partial charge < -0.3 is 15.4 Å². The molecule has 4 rings (SSSR count). The van der Waals surface area contributed by atoms with Crippen LogP contribution in [0.15, 0.2) is 30.3 Å². The lowest BCUT2D eigenvalue weighted by Gasteiger charge is -2.26. The minimum absolute atomic E-state index is 0.0418. The normalized spacial score (nSPS) is 19.1. The molecule has 2 aliphatic rings. The average molecular weight is 340 g/mol. The molecule has 2 N–H and O–H groups in total. The SMILES string of the molecule is O=C(CCc1cc2n(n1)CCNC2)NC[C@@H]1OCCc2ccccc21. The van der Waals surface area contributed by atoms with Gasteiger partial charge in [-0.15, -0.1) is 0 Å². The minimum Gasteiger partial charge on any atom is -0.371 e. The summed E-state index contributed by atoms with van der Waals surface area (Å²) in [4.78, 5) is 12.2. The topological polar surface area (TPSA) is 68.2 Å². The molecule has 132 valence electrons.